The molecule has 0 aliphatic carbocycles. The molecule has 2 atom stereocenters. The molecular weight excluding hydrogens is 406 g/mol. The minimum Gasteiger partial charge on any atom is -0.369 e. The van der Waals surface area contributed by atoms with Crippen LogP contribution in [0.25, 0.3) is 0 Å². The second kappa shape index (κ2) is 17.3. The van der Waals surface area contributed by atoms with Gasteiger partial charge in [-0.2, -0.15) is 0 Å². The van der Waals surface area contributed by atoms with Gasteiger partial charge in [0.05, 0.1) is 26.4 Å². The van der Waals surface area contributed by atoms with E-state index in [2.05, 4.69) is 58.7 Å². The van der Waals surface area contributed by atoms with Crippen molar-refractivity contribution in [2.45, 2.75) is 66.3 Å². The van der Waals surface area contributed by atoms with Gasteiger partial charge in [0.15, 0.2) is 0 Å². The third kappa shape index (κ3) is 17.0. The van der Waals surface area contributed by atoms with Crippen LogP contribution in [0.15, 0.2) is 0 Å². The molecule has 0 radical (unpaired) electrons. The molecule has 0 aromatic carbocycles. The summed E-state index contributed by atoms with van der Waals surface area (Å²) >= 11 is 0. The number of carbonyl (C=O) groups excluding carboxylic acids is 1. The lowest BCUT2D eigenvalue weighted by Gasteiger charge is -2.25. The highest BCUT2D eigenvalue weighted by Gasteiger charge is 2.21. The molecule has 0 saturated heterocycles. The van der Waals surface area contributed by atoms with E-state index in [1.807, 2.05) is 13.8 Å². The van der Waals surface area contributed by atoms with E-state index in [1.165, 1.54) is 0 Å². The van der Waals surface area contributed by atoms with E-state index in [9.17, 15) is 4.79 Å². The number of ether oxygens (including phenoxy) is 3. The summed E-state index contributed by atoms with van der Waals surface area (Å²) in [6, 6.07) is 0. The Morgan fingerprint density at radius 3 is 2.00 bits per heavy atom. The van der Waals surface area contributed by atoms with Crippen LogP contribution in [0, 0.1) is 35.5 Å². The zero-order valence-electron chi connectivity index (χ0n) is 19.4. The third-order valence-electron chi connectivity index (χ3n) is 3.44. The van der Waals surface area contributed by atoms with Crippen LogP contribution in [-0.2, 0) is 19.0 Å². The normalized spacial score (nSPS) is 13.7. The van der Waals surface area contributed by atoms with E-state index in [0.29, 0.717) is 43.4 Å². The number of carbonyl (C=O) groups is 1. The highest BCUT2D eigenvalue weighted by molar-refractivity contribution is 8.77. The molecule has 0 spiro atoms. The molecule has 0 fully saturated rings. The number of nitrogens with one attached hydrogen (secondary N) is 1. The molecule has 170 valence electrons. The molecular formula is C22H41NO4S2. The summed E-state index contributed by atoms with van der Waals surface area (Å²) in [4.78, 5) is 11.7. The Bertz CT molecular complexity index is 487. The molecule has 5 nitrogen and oxygen atoms in total. The Labute approximate surface area is 186 Å². The van der Waals surface area contributed by atoms with Crippen LogP contribution < -0.4 is 5.32 Å². The quantitative estimate of drug-likeness (QED) is 0.168. The average Bonchev–Trinajstić information content (AvgIpc) is 2.62. The van der Waals surface area contributed by atoms with Crippen LogP contribution in [0.2, 0.25) is 0 Å². The summed E-state index contributed by atoms with van der Waals surface area (Å²) < 4.78 is 17.4. The largest absolute Gasteiger partial charge is 0.369 e. The molecule has 0 aliphatic rings. The molecule has 29 heavy (non-hydrogen) atoms. The summed E-state index contributed by atoms with van der Waals surface area (Å²) in [5.41, 5.74) is 0.193. The highest BCUT2D eigenvalue weighted by atomic mass is 33.1. The molecule has 0 aliphatic heterocycles. The fourth-order valence-electron chi connectivity index (χ4n) is 1.90. The Morgan fingerprint density at radius 1 is 0.897 bits per heavy atom. The zero-order chi connectivity index (χ0) is 22.2. The van der Waals surface area contributed by atoms with Crippen molar-refractivity contribution >= 4 is 27.5 Å². The van der Waals surface area contributed by atoms with Gasteiger partial charge in [0.1, 0.15) is 17.5 Å². The van der Waals surface area contributed by atoms with Crippen LogP contribution in [0.4, 0.5) is 0 Å². The van der Waals surface area contributed by atoms with E-state index in [-0.39, 0.29) is 23.4 Å². The predicted molar refractivity (Wildman–Crippen MR) is 126 cm³/mol. The van der Waals surface area contributed by atoms with E-state index in [4.69, 9.17) is 14.2 Å². The summed E-state index contributed by atoms with van der Waals surface area (Å²) in [7, 11) is 3.46. The number of hydrogen-bond donors (Lipinski definition) is 1. The third-order valence-corrected chi connectivity index (χ3v) is 6.76. The first-order valence-electron chi connectivity index (χ1n) is 10.5. The van der Waals surface area contributed by atoms with Gasteiger partial charge in [-0.15, -0.1) is 0 Å². The first-order chi connectivity index (χ1) is 13.6. The molecule has 1 N–H and O–H groups in total. The van der Waals surface area contributed by atoms with Crippen LogP contribution in [0.1, 0.15) is 55.4 Å². The van der Waals surface area contributed by atoms with Crippen molar-refractivity contribution in [2.75, 3.05) is 33.0 Å². The zero-order valence-corrected chi connectivity index (χ0v) is 21.1. The summed E-state index contributed by atoms with van der Waals surface area (Å²) in [5.74, 6) is 7.39. The average molecular weight is 448 g/mol. The van der Waals surface area contributed by atoms with Crippen molar-refractivity contribution in [3.05, 3.63) is 0 Å². The Morgan fingerprint density at radius 2 is 1.48 bits per heavy atom. The van der Waals surface area contributed by atoms with Crippen molar-refractivity contribution in [3.63, 3.8) is 0 Å². The van der Waals surface area contributed by atoms with E-state index in [1.54, 1.807) is 21.6 Å². The lowest BCUT2D eigenvalue weighted by atomic mass is 10.2. The first-order valence-corrected chi connectivity index (χ1v) is 12.8. The summed E-state index contributed by atoms with van der Waals surface area (Å²) in [5, 5.41) is 2.72. The predicted octanol–water partition coefficient (Wildman–Crippen LogP) is 4.81. The van der Waals surface area contributed by atoms with E-state index in [0.717, 1.165) is 6.61 Å². The van der Waals surface area contributed by atoms with Crippen LogP contribution >= 0.6 is 21.6 Å². The Kier molecular flexibility index (Phi) is 17.1. The van der Waals surface area contributed by atoms with Crippen molar-refractivity contribution in [3.8, 4) is 11.8 Å². The van der Waals surface area contributed by atoms with Crippen molar-refractivity contribution in [2.24, 2.45) is 23.7 Å². The monoisotopic (exact) mass is 447 g/mol. The second-order valence-corrected chi connectivity index (χ2v) is 10.8. The highest BCUT2D eigenvalue weighted by Crippen LogP contribution is 2.38. The number of hydrogen-bond acceptors (Lipinski definition) is 6. The topological polar surface area (TPSA) is 56.8 Å². The molecule has 0 saturated carbocycles. The lowest BCUT2D eigenvalue weighted by molar-refractivity contribution is -0.126. The molecule has 0 heterocycles. The number of amides is 1. The van der Waals surface area contributed by atoms with Gasteiger partial charge < -0.3 is 19.5 Å². The maximum Gasteiger partial charge on any atom is 0.246 e. The molecule has 2 unspecified atom stereocenters. The fourth-order valence-corrected chi connectivity index (χ4v) is 5.17. The molecule has 1 amide bonds. The van der Waals surface area contributed by atoms with Gasteiger partial charge in [-0.25, -0.2) is 0 Å². The van der Waals surface area contributed by atoms with Crippen molar-refractivity contribution in [1.82, 2.24) is 5.32 Å². The van der Waals surface area contributed by atoms with Gasteiger partial charge in [0.25, 0.3) is 0 Å². The number of rotatable bonds is 15. The van der Waals surface area contributed by atoms with Gasteiger partial charge in [0, 0.05) is 5.92 Å². The van der Waals surface area contributed by atoms with Crippen molar-refractivity contribution < 1.29 is 19.0 Å². The van der Waals surface area contributed by atoms with Crippen LogP contribution in [-0.4, -0.2) is 49.8 Å². The van der Waals surface area contributed by atoms with Gasteiger partial charge in [-0.05, 0) is 17.8 Å². The standard InChI is InChI=1S/C22H41NO4S2/c1-16(2)10-9-11-23-20(24)15-25-12-13-26-21(18(5)6)28-29-22(19(7)8)27-14-17(3)4/h16-19,21-22H,11-15H2,1-8H3,(H,23,24). The maximum absolute atomic E-state index is 11.7. The lowest BCUT2D eigenvalue weighted by Crippen LogP contribution is -2.28. The van der Waals surface area contributed by atoms with Gasteiger partial charge in [-0.3, -0.25) is 4.79 Å². The molecule has 0 aromatic rings. The molecule has 0 bridgehead atoms. The SMILES string of the molecule is CC(C)C#CCNC(=O)COCCOC(SSC(OCC(C)C)C(C)C)C(C)C. The van der Waals surface area contributed by atoms with Crippen molar-refractivity contribution in [1.29, 1.82) is 0 Å². The van der Waals surface area contributed by atoms with Gasteiger partial charge in [-0.1, -0.05) is 88.8 Å². The van der Waals surface area contributed by atoms with Gasteiger partial charge in [0.2, 0.25) is 5.91 Å². The molecule has 0 aromatic heterocycles. The van der Waals surface area contributed by atoms with E-state index < -0.39 is 0 Å². The van der Waals surface area contributed by atoms with Gasteiger partial charge >= 0.3 is 0 Å². The first kappa shape index (κ1) is 28.6. The maximum atomic E-state index is 11.7. The summed E-state index contributed by atoms with van der Waals surface area (Å²) in [6.45, 7) is 19.0. The van der Waals surface area contributed by atoms with Crippen LogP contribution in [0.3, 0.4) is 0 Å². The smallest absolute Gasteiger partial charge is 0.246 e. The minimum absolute atomic E-state index is 0.0272. The second-order valence-electron chi connectivity index (χ2n) is 8.32. The minimum atomic E-state index is -0.157. The fraction of sp³-hybridized carbons (Fsp3) is 0.864. The molecule has 0 rings (SSSR count). The Hall–Kier alpha value is -0.390. The Balaban J connectivity index is 4.10. The summed E-state index contributed by atoms with van der Waals surface area (Å²) in [6.07, 6.45) is 0. The van der Waals surface area contributed by atoms with Crippen LogP contribution in [0.5, 0.6) is 0 Å². The molecule has 7 heteroatoms. The van der Waals surface area contributed by atoms with E-state index >= 15 is 0 Å².